The molecular formula is C20H25NO3S. The van der Waals surface area contributed by atoms with E-state index in [9.17, 15) is 8.42 Å². The fourth-order valence-electron chi connectivity index (χ4n) is 3.16. The molecule has 25 heavy (non-hydrogen) atoms. The van der Waals surface area contributed by atoms with Crippen molar-refractivity contribution in [2.45, 2.75) is 57.5 Å². The number of para-hydroxylation sites is 1. The molecule has 0 fully saturated rings. The molecule has 1 aliphatic rings. The maximum Gasteiger partial charge on any atom is 0.261 e. The highest BCUT2D eigenvalue weighted by Gasteiger charge is 2.28. The molecule has 0 radical (unpaired) electrons. The van der Waals surface area contributed by atoms with Gasteiger partial charge in [0.05, 0.1) is 10.6 Å². The van der Waals surface area contributed by atoms with Crippen LogP contribution in [0.4, 0.5) is 5.69 Å². The van der Waals surface area contributed by atoms with Crippen LogP contribution in [0, 0.1) is 6.92 Å². The van der Waals surface area contributed by atoms with Crippen LogP contribution < -0.4 is 9.46 Å². The van der Waals surface area contributed by atoms with Gasteiger partial charge in [-0.1, -0.05) is 25.1 Å². The van der Waals surface area contributed by atoms with Crippen LogP contribution in [0.15, 0.2) is 41.3 Å². The number of aryl methyl sites for hydroxylation is 3. The Morgan fingerprint density at radius 3 is 2.68 bits per heavy atom. The molecule has 0 spiro atoms. The van der Waals surface area contributed by atoms with Crippen molar-refractivity contribution in [2.24, 2.45) is 0 Å². The predicted octanol–water partition coefficient (Wildman–Crippen LogP) is 4.46. The van der Waals surface area contributed by atoms with E-state index in [2.05, 4.69) is 4.72 Å². The number of hydrogen-bond donors (Lipinski definition) is 1. The van der Waals surface area contributed by atoms with Crippen molar-refractivity contribution in [3.05, 3.63) is 53.1 Å². The zero-order valence-corrected chi connectivity index (χ0v) is 16.0. The largest absolute Gasteiger partial charge is 0.488 e. The smallest absolute Gasteiger partial charge is 0.261 e. The molecule has 3 rings (SSSR count). The summed E-state index contributed by atoms with van der Waals surface area (Å²) in [6, 6.07) is 10.9. The van der Waals surface area contributed by atoms with Gasteiger partial charge in [0.25, 0.3) is 10.0 Å². The lowest BCUT2D eigenvalue weighted by molar-refractivity contribution is 0.0845. The predicted molar refractivity (Wildman–Crippen MR) is 101 cm³/mol. The minimum Gasteiger partial charge on any atom is -0.488 e. The van der Waals surface area contributed by atoms with Crippen LogP contribution in [-0.4, -0.2) is 14.0 Å². The molecule has 0 amide bonds. The van der Waals surface area contributed by atoms with Gasteiger partial charge in [-0.15, -0.1) is 0 Å². The molecule has 1 N–H and O–H groups in total. The molecule has 0 saturated heterocycles. The van der Waals surface area contributed by atoms with Gasteiger partial charge < -0.3 is 4.74 Å². The second-order valence-electron chi connectivity index (χ2n) is 7.20. The topological polar surface area (TPSA) is 55.4 Å². The lowest BCUT2D eigenvalue weighted by atomic mass is 9.94. The van der Waals surface area contributed by atoms with Crippen molar-refractivity contribution in [3.63, 3.8) is 0 Å². The standard InChI is InChI=1S/C20H25NO3S/c1-5-15-8-6-7-14(2)19(15)21-25(22,23)17-9-10-18-16(13-17)11-12-20(3,4)24-18/h6-10,13,21H,5,11-12H2,1-4H3. The van der Waals surface area contributed by atoms with Crippen LogP contribution in [0.25, 0.3) is 0 Å². The third-order valence-electron chi connectivity index (χ3n) is 4.70. The molecule has 134 valence electrons. The van der Waals surface area contributed by atoms with Gasteiger partial charge in [-0.3, -0.25) is 4.72 Å². The van der Waals surface area contributed by atoms with Gasteiger partial charge in [-0.25, -0.2) is 8.42 Å². The Labute approximate surface area is 150 Å². The normalized spacial score (nSPS) is 16.0. The summed E-state index contributed by atoms with van der Waals surface area (Å²) in [5.74, 6) is 0.778. The fourth-order valence-corrected chi connectivity index (χ4v) is 4.39. The number of fused-ring (bicyclic) bond motifs is 1. The van der Waals surface area contributed by atoms with Crippen LogP contribution in [-0.2, 0) is 22.9 Å². The molecular weight excluding hydrogens is 334 g/mol. The van der Waals surface area contributed by atoms with Gasteiger partial charge in [0, 0.05) is 0 Å². The molecule has 0 unspecified atom stereocenters. The SMILES string of the molecule is CCc1cccc(C)c1NS(=O)(=O)c1ccc2c(c1)CCC(C)(C)O2. The summed E-state index contributed by atoms with van der Waals surface area (Å²) in [4.78, 5) is 0.278. The second-order valence-corrected chi connectivity index (χ2v) is 8.88. The van der Waals surface area contributed by atoms with E-state index in [1.807, 2.05) is 45.9 Å². The quantitative estimate of drug-likeness (QED) is 0.877. The van der Waals surface area contributed by atoms with Crippen molar-refractivity contribution in [1.82, 2.24) is 0 Å². The van der Waals surface area contributed by atoms with E-state index < -0.39 is 10.0 Å². The highest BCUT2D eigenvalue weighted by Crippen LogP contribution is 2.35. The van der Waals surface area contributed by atoms with Gasteiger partial charge in [-0.05, 0) is 74.9 Å². The second kappa shape index (κ2) is 6.37. The minimum atomic E-state index is -3.64. The molecule has 0 atom stereocenters. The van der Waals surface area contributed by atoms with Crippen LogP contribution in [0.5, 0.6) is 5.75 Å². The van der Waals surface area contributed by atoms with Crippen molar-refractivity contribution >= 4 is 15.7 Å². The average molecular weight is 359 g/mol. The maximum absolute atomic E-state index is 12.9. The van der Waals surface area contributed by atoms with Crippen LogP contribution in [0.1, 0.15) is 43.9 Å². The number of benzene rings is 2. The Hall–Kier alpha value is -2.01. The van der Waals surface area contributed by atoms with E-state index in [1.165, 1.54) is 0 Å². The maximum atomic E-state index is 12.9. The van der Waals surface area contributed by atoms with Crippen molar-refractivity contribution < 1.29 is 13.2 Å². The molecule has 0 aliphatic carbocycles. The third kappa shape index (κ3) is 3.66. The van der Waals surface area contributed by atoms with Crippen LogP contribution in [0.3, 0.4) is 0 Å². The summed E-state index contributed by atoms with van der Waals surface area (Å²) < 4.78 is 34.5. The van der Waals surface area contributed by atoms with Crippen molar-refractivity contribution in [1.29, 1.82) is 0 Å². The summed E-state index contributed by atoms with van der Waals surface area (Å²) >= 11 is 0. The zero-order valence-electron chi connectivity index (χ0n) is 15.2. The lowest BCUT2D eigenvalue weighted by Crippen LogP contribution is -2.32. The summed E-state index contributed by atoms with van der Waals surface area (Å²) in [6.45, 7) is 8.03. The summed E-state index contributed by atoms with van der Waals surface area (Å²) in [7, 11) is -3.64. The highest BCUT2D eigenvalue weighted by molar-refractivity contribution is 7.92. The van der Waals surface area contributed by atoms with E-state index in [-0.39, 0.29) is 10.5 Å². The van der Waals surface area contributed by atoms with E-state index in [4.69, 9.17) is 4.74 Å². The first-order valence-corrected chi connectivity index (χ1v) is 10.1. The van der Waals surface area contributed by atoms with E-state index >= 15 is 0 Å². The molecule has 4 nitrogen and oxygen atoms in total. The minimum absolute atomic E-state index is 0.206. The Morgan fingerprint density at radius 1 is 1.20 bits per heavy atom. The average Bonchev–Trinajstić information content (AvgIpc) is 2.55. The Kier molecular flexibility index (Phi) is 4.54. The van der Waals surface area contributed by atoms with Crippen molar-refractivity contribution in [3.8, 4) is 5.75 Å². The van der Waals surface area contributed by atoms with E-state index in [0.717, 1.165) is 41.7 Å². The third-order valence-corrected chi connectivity index (χ3v) is 6.05. The van der Waals surface area contributed by atoms with Gasteiger partial charge >= 0.3 is 0 Å². The molecule has 0 aromatic heterocycles. The first kappa shape index (κ1) is 17.8. The van der Waals surface area contributed by atoms with Crippen molar-refractivity contribution in [2.75, 3.05) is 4.72 Å². The fraction of sp³-hybridized carbons (Fsp3) is 0.400. The number of nitrogens with one attached hydrogen (secondary N) is 1. The molecule has 0 bridgehead atoms. The summed E-state index contributed by atoms with van der Waals surface area (Å²) in [5.41, 5.74) is 3.34. The molecule has 0 saturated carbocycles. The molecule has 5 heteroatoms. The van der Waals surface area contributed by atoms with E-state index in [1.54, 1.807) is 18.2 Å². The molecule has 2 aromatic rings. The van der Waals surface area contributed by atoms with Gasteiger partial charge in [-0.2, -0.15) is 0 Å². The highest BCUT2D eigenvalue weighted by atomic mass is 32.2. The van der Waals surface area contributed by atoms with Crippen LogP contribution in [0.2, 0.25) is 0 Å². The number of hydrogen-bond acceptors (Lipinski definition) is 3. The zero-order chi connectivity index (χ0) is 18.2. The van der Waals surface area contributed by atoms with Gasteiger partial charge in [0.1, 0.15) is 11.4 Å². The number of ether oxygens (including phenoxy) is 1. The Balaban J connectivity index is 1.94. The number of sulfonamides is 1. The number of anilines is 1. The summed E-state index contributed by atoms with van der Waals surface area (Å²) in [6.07, 6.45) is 2.46. The van der Waals surface area contributed by atoms with E-state index in [0.29, 0.717) is 5.69 Å². The first-order chi connectivity index (χ1) is 11.7. The van der Waals surface area contributed by atoms with Gasteiger partial charge in [0.2, 0.25) is 0 Å². The summed E-state index contributed by atoms with van der Waals surface area (Å²) in [5, 5.41) is 0. The first-order valence-electron chi connectivity index (χ1n) is 8.65. The monoisotopic (exact) mass is 359 g/mol. The molecule has 1 heterocycles. The lowest BCUT2D eigenvalue weighted by Gasteiger charge is -2.32. The Bertz CT molecular complexity index is 901. The van der Waals surface area contributed by atoms with Crippen LogP contribution >= 0.6 is 0 Å². The Morgan fingerprint density at radius 2 is 1.96 bits per heavy atom. The molecule has 2 aromatic carbocycles. The number of rotatable bonds is 4. The molecule has 1 aliphatic heterocycles. The van der Waals surface area contributed by atoms with Gasteiger partial charge in [0.15, 0.2) is 0 Å².